The zero-order valence-electron chi connectivity index (χ0n) is 10.7. The second kappa shape index (κ2) is 4.90. The maximum absolute atomic E-state index is 5.58. The van der Waals surface area contributed by atoms with Gasteiger partial charge in [0.2, 0.25) is 0 Å². The molecule has 0 aliphatic rings. The molecule has 1 atom stereocenters. The molecule has 5 heteroatoms. The third kappa shape index (κ3) is 2.51. The third-order valence-electron chi connectivity index (χ3n) is 3.25. The number of aromatic nitrogens is 2. The molecule has 0 bridgehead atoms. The highest BCUT2D eigenvalue weighted by Crippen LogP contribution is 2.21. The van der Waals surface area contributed by atoms with Crippen molar-refractivity contribution in [1.29, 1.82) is 0 Å². The van der Waals surface area contributed by atoms with Gasteiger partial charge >= 0.3 is 0 Å². The first kappa shape index (κ1) is 12.1. The summed E-state index contributed by atoms with van der Waals surface area (Å²) in [6.45, 7) is 5.75. The van der Waals surface area contributed by atoms with E-state index in [-0.39, 0.29) is 0 Å². The van der Waals surface area contributed by atoms with E-state index in [9.17, 15) is 0 Å². The Kier molecular flexibility index (Phi) is 3.50. The average molecular weight is 230 g/mol. The molecular formula is C12H19BN4. The summed E-state index contributed by atoms with van der Waals surface area (Å²) in [4.78, 5) is 9.95. The molecule has 90 valence electrons. The van der Waals surface area contributed by atoms with Crippen molar-refractivity contribution in [1.82, 2.24) is 14.8 Å². The van der Waals surface area contributed by atoms with Gasteiger partial charge in [-0.25, -0.2) is 4.98 Å². The SMILES string of the molecule is BN(CCN)C(C)c1ccc2[nH]c(C)nc2c1. The number of benzene rings is 1. The Balaban J connectivity index is 2.28. The Hall–Kier alpha value is -1.33. The van der Waals surface area contributed by atoms with E-state index < -0.39 is 0 Å². The molecule has 1 aromatic heterocycles. The topological polar surface area (TPSA) is 57.9 Å². The molecule has 3 N–H and O–H groups in total. The monoisotopic (exact) mass is 230 g/mol. The normalized spacial score (nSPS) is 13.4. The maximum atomic E-state index is 5.58. The molecule has 17 heavy (non-hydrogen) atoms. The molecule has 0 amide bonds. The molecule has 2 rings (SSSR count). The maximum Gasteiger partial charge on any atom is 0.186 e. The Bertz CT molecular complexity index is 508. The van der Waals surface area contributed by atoms with Crippen molar-refractivity contribution in [3.63, 3.8) is 0 Å². The third-order valence-corrected chi connectivity index (χ3v) is 3.25. The lowest BCUT2D eigenvalue weighted by Crippen LogP contribution is -2.29. The standard InChI is InChI=1S/C12H19BN4/c1-8(17(13)6-5-14)10-3-4-11-12(7-10)16-9(2)15-11/h3-4,7-8H,5-6,13-14H2,1-2H3,(H,15,16). The van der Waals surface area contributed by atoms with Crippen LogP contribution in [0.4, 0.5) is 0 Å². The van der Waals surface area contributed by atoms with Crippen LogP contribution in [0, 0.1) is 6.92 Å². The largest absolute Gasteiger partial charge is 0.342 e. The fourth-order valence-electron chi connectivity index (χ4n) is 2.06. The first-order valence-corrected chi connectivity index (χ1v) is 5.98. The Morgan fingerprint density at radius 3 is 3.00 bits per heavy atom. The molecule has 0 radical (unpaired) electrons. The first-order chi connectivity index (χ1) is 8.11. The van der Waals surface area contributed by atoms with Crippen LogP contribution in [0.2, 0.25) is 0 Å². The van der Waals surface area contributed by atoms with Crippen LogP contribution in [0.5, 0.6) is 0 Å². The van der Waals surface area contributed by atoms with Gasteiger partial charge in [0.05, 0.1) is 11.0 Å². The van der Waals surface area contributed by atoms with E-state index in [4.69, 9.17) is 5.73 Å². The fraction of sp³-hybridized carbons (Fsp3) is 0.417. The van der Waals surface area contributed by atoms with Gasteiger partial charge < -0.3 is 15.5 Å². The number of nitrogens with one attached hydrogen (secondary N) is 1. The van der Waals surface area contributed by atoms with Crippen molar-refractivity contribution in [3.05, 3.63) is 29.6 Å². The predicted octanol–water partition coefficient (Wildman–Crippen LogP) is 0.741. The molecule has 0 saturated carbocycles. The highest BCUT2D eigenvalue weighted by molar-refractivity contribution is 6.04. The summed E-state index contributed by atoms with van der Waals surface area (Å²) < 4.78 is 0. The molecule has 1 unspecified atom stereocenters. The molecule has 0 spiro atoms. The van der Waals surface area contributed by atoms with Crippen molar-refractivity contribution in [2.45, 2.75) is 19.9 Å². The number of rotatable bonds is 4. The van der Waals surface area contributed by atoms with Crippen LogP contribution in [0.3, 0.4) is 0 Å². The van der Waals surface area contributed by atoms with Crippen molar-refractivity contribution < 1.29 is 0 Å². The van der Waals surface area contributed by atoms with Gasteiger partial charge in [-0.3, -0.25) is 0 Å². The van der Waals surface area contributed by atoms with Gasteiger partial charge in [0.25, 0.3) is 0 Å². The molecule has 1 aromatic carbocycles. The van der Waals surface area contributed by atoms with Gasteiger partial charge in [-0.15, -0.1) is 0 Å². The number of fused-ring (bicyclic) bond motifs is 1. The fourth-order valence-corrected chi connectivity index (χ4v) is 2.06. The number of nitrogens with two attached hydrogens (primary N) is 1. The second-order valence-corrected chi connectivity index (χ2v) is 4.54. The summed E-state index contributed by atoms with van der Waals surface area (Å²) in [5.41, 5.74) is 8.99. The zero-order valence-corrected chi connectivity index (χ0v) is 10.7. The van der Waals surface area contributed by atoms with Gasteiger partial charge in [0.1, 0.15) is 5.82 Å². The number of hydrogen-bond acceptors (Lipinski definition) is 3. The minimum absolute atomic E-state index is 0.361. The van der Waals surface area contributed by atoms with Crippen LogP contribution >= 0.6 is 0 Å². The summed E-state index contributed by atoms with van der Waals surface area (Å²) in [6.07, 6.45) is 0. The van der Waals surface area contributed by atoms with E-state index in [2.05, 4.69) is 47.9 Å². The molecular weight excluding hydrogens is 211 g/mol. The number of imidazole rings is 1. The van der Waals surface area contributed by atoms with Crippen LogP contribution in [0.15, 0.2) is 18.2 Å². The first-order valence-electron chi connectivity index (χ1n) is 5.98. The van der Waals surface area contributed by atoms with Crippen molar-refractivity contribution in [2.24, 2.45) is 5.73 Å². The zero-order chi connectivity index (χ0) is 12.4. The molecule has 4 nitrogen and oxygen atoms in total. The quantitative estimate of drug-likeness (QED) is 0.761. The summed E-state index contributed by atoms with van der Waals surface area (Å²) in [6, 6.07) is 6.76. The highest BCUT2D eigenvalue weighted by atomic mass is 15.1. The van der Waals surface area contributed by atoms with Crippen LogP contribution < -0.4 is 5.73 Å². The van der Waals surface area contributed by atoms with Crippen LogP contribution in [-0.2, 0) is 0 Å². The molecule has 0 aliphatic heterocycles. The molecule has 0 aliphatic carbocycles. The number of hydrogen-bond donors (Lipinski definition) is 2. The number of nitrogens with zero attached hydrogens (tertiary/aromatic N) is 2. The van der Waals surface area contributed by atoms with E-state index in [1.54, 1.807) is 0 Å². The molecule has 2 aromatic rings. The minimum Gasteiger partial charge on any atom is -0.342 e. The summed E-state index contributed by atoms with van der Waals surface area (Å²) in [5.74, 6) is 0.958. The Labute approximate surface area is 103 Å². The highest BCUT2D eigenvalue weighted by Gasteiger charge is 2.11. The van der Waals surface area contributed by atoms with Crippen molar-refractivity contribution in [2.75, 3.05) is 13.1 Å². The van der Waals surface area contributed by atoms with Gasteiger partial charge in [-0.2, -0.15) is 0 Å². The summed E-state index contributed by atoms with van der Waals surface area (Å²) >= 11 is 0. The van der Waals surface area contributed by atoms with E-state index in [0.29, 0.717) is 12.6 Å². The summed E-state index contributed by atoms with van der Waals surface area (Å²) in [7, 11) is 2.09. The lowest BCUT2D eigenvalue weighted by Gasteiger charge is -2.24. The van der Waals surface area contributed by atoms with Gasteiger partial charge in [-0.05, 0) is 38.1 Å². The smallest absolute Gasteiger partial charge is 0.186 e. The predicted molar refractivity (Wildman–Crippen MR) is 73.6 cm³/mol. The molecule has 0 fully saturated rings. The second-order valence-electron chi connectivity index (χ2n) is 4.54. The molecule has 1 heterocycles. The average Bonchev–Trinajstić information content (AvgIpc) is 2.67. The number of aryl methyl sites for hydroxylation is 1. The van der Waals surface area contributed by atoms with Crippen LogP contribution in [0.1, 0.15) is 24.4 Å². The van der Waals surface area contributed by atoms with E-state index in [1.807, 2.05) is 6.92 Å². The number of aromatic amines is 1. The Morgan fingerprint density at radius 2 is 2.29 bits per heavy atom. The van der Waals surface area contributed by atoms with E-state index in [0.717, 1.165) is 23.4 Å². The van der Waals surface area contributed by atoms with Crippen molar-refractivity contribution >= 4 is 19.0 Å². The van der Waals surface area contributed by atoms with E-state index >= 15 is 0 Å². The lowest BCUT2D eigenvalue weighted by molar-refractivity contribution is 0.375. The summed E-state index contributed by atoms with van der Waals surface area (Å²) in [5, 5.41) is 0. The Morgan fingerprint density at radius 1 is 1.53 bits per heavy atom. The minimum atomic E-state index is 0.361. The molecule has 0 saturated heterocycles. The number of H-pyrrole nitrogens is 1. The van der Waals surface area contributed by atoms with E-state index in [1.165, 1.54) is 5.56 Å². The lowest BCUT2D eigenvalue weighted by atomic mass is 10.0. The van der Waals surface area contributed by atoms with Gasteiger partial charge in [0.15, 0.2) is 7.98 Å². The van der Waals surface area contributed by atoms with Crippen molar-refractivity contribution in [3.8, 4) is 0 Å². The van der Waals surface area contributed by atoms with Gasteiger partial charge in [0, 0.05) is 12.6 Å². The van der Waals surface area contributed by atoms with Gasteiger partial charge in [-0.1, -0.05) is 6.07 Å². The van der Waals surface area contributed by atoms with Crippen LogP contribution in [0.25, 0.3) is 11.0 Å². The van der Waals surface area contributed by atoms with Crippen LogP contribution in [-0.4, -0.2) is 35.8 Å².